The van der Waals surface area contributed by atoms with E-state index in [2.05, 4.69) is 37.3 Å². The zero-order valence-electron chi connectivity index (χ0n) is 15.2. The molecule has 2 unspecified atom stereocenters. The molecule has 0 bridgehead atoms. The van der Waals surface area contributed by atoms with Gasteiger partial charge in [0.2, 0.25) is 5.91 Å². The minimum absolute atomic E-state index is 0.0788. The highest BCUT2D eigenvalue weighted by Crippen LogP contribution is 2.27. The van der Waals surface area contributed by atoms with Crippen molar-refractivity contribution in [2.24, 2.45) is 5.92 Å². The van der Waals surface area contributed by atoms with Crippen molar-refractivity contribution in [3.63, 3.8) is 0 Å². The standard InChI is InChI=1S/C20H29N3O/c1-5-15(2)19(18-10-7-6-8-11-18)20(24)21-12-9-13-23-17(4)14-16(3)22-23/h6-8,10-11,14-15,19H,5,9,12-13H2,1-4H3,(H,21,24). The number of carbonyl (C=O) groups is 1. The van der Waals surface area contributed by atoms with Gasteiger partial charge in [-0.1, -0.05) is 50.6 Å². The molecule has 4 heteroatoms. The molecule has 130 valence electrons. The number of aryl methyl sites for hydroxylation is 3. The number of carbonyl (C=O) groups excluding carboxylic acids is 1. The van der Waals surface area contributed by atoms with Crippen LogP contribution >= 0.6 is 0 Å². The third-order valence-electron chi connectivity index (χ3n) is 4.60. The lowest BCUT2D eigenvalue weighted by molar-refractivity contribution is -0.123. The van der Waals surface area contributed by atoms with E-state index in [-0.39, 0.29) is 11.8 Å². The maximum Gasteiger partial charge on any atom is 0.227 e. The van der Waals surface area contributed by atoms with Gasteiger partial charge >= 0.3 is 0 Å². The fraction of sp³-hybridized carbons (Fsp3) is 0.500. The average Bonchev–Trinajstić information content (AvgIpc) is 2.90. The van der Waals surface area contributed by atoms with E-state index in [9.17, 15) is 4.79 Å². The minimum Gasteiger partial charge on any atom is -0.355 e. The van der Waals surface area contributed by atoms with Crippen LogP contribution in [-0.4, -0.2) is 22.2 Å². The average molecular weight is 327 g/mol. The summed E-state index contributed by atoms with van der Waals surface area (Å²) < 4.78 is 2.00. The van der Waals surface area contributed by atoms with Crippen LogP contribution in [0, 0.1) is 19.8 Å². The second-order valence-corrected chi connectivity index (χ2v) is 6.57. The van der Waals surface area contributed by atoms with Crippen molar-refractivity contribution in [1.82, 2.24) is 15.1 Å². The zero-order valence-corrected chi connectivity index (χ0v) is 15.2. The molecule has 0 aliphatic rings. The second kappa shape index (κ2) is 8.67. The molecule has 1 N–H and O–H groups in total. The largest absolute Gasteiger partial charge is 0.355 e. The molecule has 1 amide bonds. The predicted molar refractivity (Wildman–Crippen MR) is 98.0 cm³/mol. The van der Waals surface area contributed by atoms with Gasteiger partial charge in [0.05, 0.1) is 11.6 Å². The van der Waals surface area contributed by atoms with E-state index >= 15 is 0 Å². The summed E-state index contributed by atoms with van der Waals surface area (Å²) in [5.74, 6) is 0.372. The third kappa shape index (κ3) is 4.70. The summed E-state index contributed by atoms with van der Waals surface area (Å²) in [5.41, 5.74) is 3.31. The zero-order chi connectivity index (χ0) is 17.5. The molecule has 1 heterocycles. The van der Waals surface area contributed by atoms with Crippen LogP contribution in [0.2, 0.25) is 0 Å². The molecule has 1 aromatic heterocycles. The first-order valence-corrected chi connectivity index (χ1v) is 8.86. The maximum atomic E-state index is 12.7. The lowest BCUT2D eigenvalue weighted by Gasteiger charge is -2.22. The van der Waals surface area contributed by atoms with Crippen LogP contribution in [0.15, 0.2) is 36.4 Å². The second-order valence-electron chi connectivity index (χ2n) is 6.57. The number of nitrogens with one attached hydrogen (secondary N) is 1. The van der Waals surface area contributed by atoms with Gasteiger partial charge in [0.1, 0.15) is 0 Å². The van der Waals surface area contributed by atoms with Gasteiger partial charge in [-0.2, -0.15) is 5.10 Å². The van der Waals surface area contributed by atoms with Crippen molar-refractivity contribution in [2.75, 3.05) is 6.54 Å². The lowest BCUT2D eigenvalue weighted by atomic mass is 9.85. The van der Waals surface area contributed by atoms with Crippen molar-refractivity contribution < 1.29 is 4.79 Å². The Morgan fingerprint density at radius 3 is 2.54 bits per heavy atom. The van der Waals surface area contributed by atoms with Gasteiger partial charge in [-0.05, 0) is 37.8 Å². The molecule has 2 aromatic rings. The Hall–Kier alpha value is -2.10. The summed E-state index contributed by atoms with van der Waals surface area (Å²) in [6.07, 6.45) is 1.87. The topological polar surface area (TPSA) is 46.9 Å². The van der Waals surface area contributed by atoms with Crippen molar-refractivity contribution >= 4 is 5.91 Å². The normalized spacial score (nSPS) is 13.5. The Morgan fingerprint density at radius 2 is 1.96 bits per heavy atom. The van der Waals surface area contributed by atoms with E-state index in [1.54, 1.807) is 0 Å². The molecular weight excluding hydrogens is 298 g/mol. The van der Waals surface area contributed by atoms with Crippen LogP contribution in [0.3, 0.4) is 0 Å². The molecular formula is C20H29N3O. The minimum atomic E-state index is -0.0788. The summed E-state index contributed by atoms with van der Waals surface area (Å²) in [4.78, 5) is 12.7. The van der Waals surface area contributed by atoms with Gasteiger partial charge in [0, 0.05) is 18.8 Å². The van der Waals surface area contributed by atoms with Crippen molar-refractivity contribution in [1.29, 1.82) is 0 Å². The smallest absolute Gasteiger partial charge is 0.227 e. The Kier molecular flexibility index (Phi) is 6.59. The molecule has 0 saturated carbocycles. The first kappa shape index (κ1) is 18.2. The third-order valence-corrected chi connectivity index (χ3v) is 4.60. The number of nitrogens with zero attached hydrogens (tertiary/aromatic N) is 2. The van der Waals surface area contributed by atoms with Crippen LogP contribution in [0.1, 0.15) is 49.6 Å². The van der Waals surface area contributed by atoms with E-state index in [0.717, 1.165) is 30.6 Å². The van der Waals surface area contributed by atoms with E-state index in [4.69, 9.17) is 0 Å². The first-order chi connectivity index (χ1) is 11.5. The van der Waals surface area contributed by atoms with Crippen LogP contribution < -0.4 is 5.32 Å². The summed E-state index contributed by atoms with van der Waals surface area (Å²) in [6, 6.07) is 12.2. The van der Waals surface area contributed by atoms with Crippen molar-refractivity contribution in [3.05, 3.63) is 53.3 Å². The van der Waals surface area contributed by atoms with Crippen molar-refractivity contribution in [3.8, 4) is 0 Å². The van der Waals surface area contributed by atoms with Crippen LogP contribution in [0.25, 0.3) is 0 Å². The Morgan fingerprint density at radius 1 is 1.25 bits per heavy atom. The molecule has 0 spiro atoms. The molecule has 0 radical (unpaired) electrons. The van der Waals surface area contributed by atoms with E-state index in [0.29, 0.717) is 12.5 Å². The number of aromatic nitrogens is 2. The monoisotopic (exact) mass is 327 g/mol. The number of amides is 1. The summed E-state index contributed by atoms with van der Waals surface area (Å²) >= 11 is 0. The summed E-state index contributed by atoms with van der Waals surface area (Å²) in [7, 11) is 0. The van der Waals surface area contributed by atoms with E-state index < -0.39 is 0 Å². The van der Waals surface area contributed by atoms with Gasteiger partial charge in [0.15, 0.2) is 0 Å². The Bertz CT molecular complexity index is 648. The molecule has 0 saturated heterocycles. The van der Waals surface area contributed by atoms with Crippen LogP contribution in [-0.2, 0) is 11.3 Å². The molecule has 0 fully saturated rings. The van der Waals surface area contributed by atoms with E-state index in [1.807, 2.05) is 41.9 Å². The van der Waals surface area contributed by atoms with Gasteiger partial charge in [-0.3, -0.25) is 9.48 Å². The highest BCUT2D eigenvalue weighted by atomic mass is 16.1. The number of hydrogen-bond donors (Lipinski definition) is 1. The molecule has 2 rings (SSSR count). The van der Waals surface area contributed by atoms with Gasteiger partial charge in [-0.25, -0.2) is 0 Å². The Labute approximate surface area is 145 Å². The molecule has 4 nitrogen and oxygen atoms in total. The number of rotatable bonds is 8. The SMILES string of the molecule is CCC(C)C(C(=O)NCCCn1nc(C)cc1C)c1ccccc1. The highest BCUT2D eigenvalue weighted by molar-refractivity contribution is 5.83. The Balaban J connectivity index is 1.90. The number of benzene rings is 1. The lowest BCUT2D eigenvalue weighted by Crippen LogP contribution is -2.33. The quantitative estimate of drug-likeness (QED) is 0.749. The maximum absolute atomic E-state index is 12.7. The van der Waals surface area contributed by atoms with Crippen LogP contribution in [0.5, 0.6) is 0 Å². The molecule has 0 aliphatic heterocycles. The highest BCUT2D eigenvalue weighted by Gasteiger charge is 2.25. The summed E-state index contributed by atoms with van der Waals surface area (Å²) in [6.45, 7) is 9.86. The first-order valence-electron chi connectivity index (χ1n) is 8.86. The summed E-state index contributed by atoms with van der Waals surface area (Å²) in [5, 5.41) is 7.57. The number of hydrogen-bond acceptors (Lipinski definition) is 2. The fourth-order valence-corrected chi connectivity index (χ4v) is 3.09. The van der Waals surface area contributed by atoms with E-state index in [1.165, 1.54) is 5.69 Å². The molecule has 1 aromatic carbocycles. The molecule has 2 atom stereocenters. The molecule has 24 heavy (non-hydrogen) atoms. The predicted octanol–water partition coefficient (Wildman–Crippen LogP) is 3.84. The van der Waals surface area contributed by atoms with Gasteiger partial charge in [-0.15, -0.1) is 0 Å². The van der Waals surface area contributed by atoms with Gasteiger partial charge in [0.25, 0.3) is 0 Å². The molecule has 0 aliphatic carbocycles. The van der Waals surface area contributed by atoms with Crippen LogP contribution in [0.4, 0.5) is 0 Å². The van der Waals surface area contributed by atoms with Gasteiger partial charge < -0.3 is 5.32 Å². The fourth-order valence-electron chi connectivity index (χ4n) is 3.09. The van der Waals surface area contributed by atoms with Crippen molar-refractivity contribution in [2.45, 2.75) is 53.0 Å².